The summed E-state index contributed by atoms with van der Waals surface area (Å²) in [5, 5.41) is 31.7. The van der Waals surface area contributed by atoms with Crippen molar-refractivity contribution in [3.05, 3.63) is 115 Å². The lowest BCUT2D eigenvalue weighted by molar-refractivity contribution is 0.480. The van der Waals surface area contributed by atoms with Crippen LogP contribution < -0.4 is 15.9 Å². The molecule has 0 aromatic heterocycles. The van der Waals surface area contributed by atoms with Gasteiger partial charge in [0.15, 0.2) is 0 Å². The maximum absolute atomic E-state index is 11.2. The lowest BCUT2D eigenvalue weighted by Crippen LogP contribution is -2.22. The second kappa shape index (κ2) is 7.92. The first-order valence-corrected chi connectivity index (χ1v) is 12.3. The first-order valence-electron chi connectivity index (χ1n) is 10.9. The Hall–Kier alpha value is -3.87. The third kappa shape index (κ3) is 3.31. The molecule has 0 spiro atoms. The molecule has 0 bridgehead atoms. The third-order valence-corrected chi connectivity index (χ3v) is 8.83. The Kier molecular flexibility index (Phi) is 4.75. The molecule has 0 saturated carbocycles. The van der Waals surface area contributed by atoms with Crippen molar-refractivity contribution in [2.24, 2.45) is 0 Å². The highest BCUT2D eigenvalue weighted by Gasteiger charge is 2.27. The van der Waals surface area contributed by atoms with Crippen LogP contribution in [0.15, 0.2) is 115 Å². The molecular formula is C30H21O2P. The lowest BCUT2D eigenvalue weighted by atomic mass is 10.1. The average molecular weight is 444 g/mol. The van der Waals surface area contributed by atoms with Gasteiger partial charge in [-0.15, -0.1) is 0 Å². The van der Waals surface area contributed by atoms with Crippen LogP contribution in [0, 0.1) is 0 Å². The van der Waals surface area contributed by atoms with Crippen LogP contribution >= 0.6 is 7.92 Å². The van der Waals surface area contributed by atoms with Crippen molar-refractivity contribution in [3.8, 4) is 11.5 Å². The van der Waals surface area contributed by atoms with Gasteiger partial charge in [-0.05, 0) is 63.7 Å². The Morgan fingerprint density at radius 2 is 0.879 bits per heavy atom. The van der Waals surface area contributed by atoms with Crippen LogP contribution in [0.25, 0.3) is 32.3 Å². The molecule has 0 aliphatic heterocycles. The van der Waals surface area contributed by atoms with Gasteiger partial charge in [0.05, 0.1) is 0 Å². The summed E-state index contributed by atoms with van der Waals surface area (Å²) in [7, 11) is -1.26. The SMILES string of the molecule is Oc1ccc2ccccc2c1P(c1ccc2ccccc2c1)c1c(O)ccc2ccccc12. The highest BCUT2D eigenvalue weighted by Crippen LogP contribution is 2.44. The topological polar surface area (TPSA) is 40.5 Å². The summed E-state index contributed by atoms with van der Waals surface area (Å²) in [6.45, 7) is 0. The minimum Gasteiger partial charge on any atom is -0.507 e. The molecule has 0 amide bonds. The highest BCUT2D eigenvalue weighted by atomic mass is 31.1. The summed E-state index contributed by atoms with van der Waals surface area (Å²) < 4.78 is 0. The Labute approximate surface area is 193 Å². The van der Waals surface area contributed by atoms with Crippen LogP contribution in [-0.4, -0.2) is 10.2 Å². The maximum Gasteiger partial charge on any atom is 0.124 e. The van der Waals surface area contributed by atoms with E-state index in [0.717, 1.165) is 42.8 Å². The molecule has 6 aromatic rings. The summed E-state index contributed by atoms with van der Waals surface area (Å²) >= 11 is 0. The van der Waals surface area contributed by atoms with E-state index in [1.54, 1.807) is 12.1 Å². The molecule has 2 nitrogen and oxygen atoms in total. The zero-order chi connectivity index (χ0) is 22.4. The highest BCUT2D eigenvalue weighted by molar-refractivity contribution is 7.81. The molecule has 0 atom stereocenters. The van der Waals surface area contributed by atoms with Gasteiger partial charge in [-0.3, -0.25) is 0 Å². The molecule has 0 saturated heterocycles. The molecule has 2 N–H and O–H groups in total. The van der Waals surface area contributed by atoms with Gasteiger partial charge in [0, 0.05) is 10.6 Å². The standard InChI is InChI=1S/C30H21O2P/c31-27-17-14-21-8-3-5-11-25(21)29(27)33(24-16-13-20-7-1-2-10-23(20)19-24)30-26-12-6-4-9-22(26)15-18-28(30)32/h1-19,31-32H. The molecule has 0 fully saturated rings. The maximum atomic E-state index is 11.2. The lowest BCUT2D eigenvalue weighted by Gasteiger charge is -2.25. The quantitative estimate of drug-likeness (QED) is 0.314. The summed E-state index contributed by atoms with van der Waals surface area (Å²) in [6, 6.07) is 38.5. The zero-order valence-corrected chi connectivity index (χ0v) is 18.7. The van der Waals surface area contributed by atoms with Crippen molar-refractivity contribution in [3.63, 3.8) is 0 Å². The molecule has 0 aliphatic rings. The number of rotatable bonds is 3. The third-order valence-electron chi connectivity index (χ3n) is 6.20. The van der Waals surface area contributed by atoms with E-state index in [1.165, 1.54) is 5.39 Å². The molecule has 3 heteroatoms. The van der Waals surface area contributed by atoms with Crippen LogP contribution in [0.3, 0.4) is 0 Å². The normalized spacial score (nSPS) is 11.5. The van der Waals surface area contributed by atoms with E-state index in [2.05, 4.69) is 54.6 Å². The zero-order valence-electron chi connectivity index (χ0n) is 17.8. The summed E-state index contributed by atoms with van der Waals surface area (Å²) in [5.74, 6) is 0.501. The number of fused-ring (bicyclic) bond motifs is 3. The number of hydrogen-bond acceptors (Lipinski definition) is 2. The van der Waals surface area contributed by atoms with Crippen LogP contribution in [0.1, 0.15) is 0 Å². The monoisotopic (exact) mass is 444 g/mol. The predicted octanol–water partition coefficient (Wildman–Crippen LogP) is 6.32. The second-order valence-corrected chi connectivity index (χ2v) is 10.3. The molecular weight excluding hydrogens is 423 g/mol. The molecule has 0 radical (unpaired) electrons. The van der Waals surface area contributed by atoms with Gasteiger partial charge in [0.2, 0.25) is 0 Å². The van der Waals surface area contributed by atoms with Gasteiger partial charge in [-0.25, -0.2) is 0 Å². The summed E-state index contributed by atoms with van der Waals surface area (Å²) in [5.41, 5.74) is 0. The number of phenolic OH excluding ortho intramolecular Hbond substituents is 2. The van der Waals surface area contributed by atoms with E-state index in [1.807, 2.05) is 48.5 Å². The van der Waals surface area contributed by atoms with Gasteiger partial charge in [-0.2, -0.15) is 0 Å². The predicted molar refractivity (Wildman–Crippen MR) is 141 cm³/mol. The van der Waals surface area contributed by atoms with Crippen LogP contribution in [-0.2, 0) is 0 Å². The Bertz CT molecular complexity index is 1570. The molecule has 0 aliphatic carbocycles. The van der Waals surface area contributed by atoms with E-state index in [0.29, 0.717) is 0 Å². The van der Waals surface area contributed by atoms with Gasteiger partial charge in [0.1, 0.15) is 11.5 Å². The number of phenols is 2. The fraction of sp³-hybridized carbons (Fsp3) is 0. The largest absolute Gasteiger partial charge is 0.507 e. The molecule has 6 aromatic carbocycles. The van der Waals surface area contributed by atoms with Crippen molar-refractivity contribution in [2.75, 3.05) is 0 Å². The first-order chi connectivity index (χ1) is 16.2. The van der Waals surface area contributed by atoms with Crippen LogP contribution in [0.5, 0.6) is 11.5 Å². The minimum absolute atomic E-state index is 0.250. The van der Waals surface area contributed by atoms with Gasteiger partial charge >= 0.3 is 0 Å². The minimum atomic E-state index is -1.26. The molecule has 6 rings (SSSR count). The number of aromatic hydroxyl groups is 2. The Morgan fingerprint density at radius 3 is 1.45 bits per heavy atom. The van der Waals surface area contributed by atoms with Gasteiger partial charge in [-0.1, -0.05) is 97.1 Å². The van der Waals surface area contributed by atoms with Crippen LogP contribution in [0.2, 0.25) is 0 Å². The van der Waals surface area contributed by atoms with Crippen molar-refractivity contribution in [1.29, 1.82) is 0 Å². The fourth-order valence-electron chi connectivity index (χ4n) is 4.64. The van der Waals surface area contributed by atoms with Crippen molar-refractivity contribution in [2.45, 2.75) is 0 Å². The molecule has 0 unspecified atom stereocenters. The number of benzene rings is 6. The summed E-state index contributed by atoms with van der Waals surface area (Å²) in [4.78, 5) is 0. The second-order valence-electron chi connectivity index (χ2n) is 8.18. The Morgan fingerprint density at radius 1 is 0.424 bits per heavy atom. The van der Waals surface area contributed by atoms with E-state index < -0.39 is 7.92 Å². The van der Waals surface area contributed by atoms with E-state index in [-0.39, 0.29) is 11.5 Å². The first kappa shape index (κ1) is 19.8. The van der Waals surface area contributed by atoms with Crippen molar-refractivity contribution in [1.82, 2.24) is 0 Å². The van der Waals surface area contributed by atoms with E-state index in [9.17, 15) is 10.2 Å². The van der Waals surface area contributed by atoms with E-state index in [4.69, 9.17) is 0 Å². The van der Waals surface area contributed by atoms with Gasteiger partial charge < -0.3 is 10.2 Å². The van der Waals surface area contributed by atoms with Crippen LogP contribution in [0.4, 0.5) is 0 Å². The van der Waals surface area contributed by atoms with Crippen molar-refractivity contribution < 1.29 is 10.2 Å². The molecule has 158 valence electrons. The molecule has 33 heavy (non-hydrogen) atoms. The smallest absolute Gasteiger partial charge is 0.124 e. The van der Waals surface area contributed by atoms with E-state index >= 15 is 0 Å². The summed E-state index contributed by atoms with van der Waals surface area (Å²) in [6.07, 6.45) is 0. The average Bonchev–Trinajstić information content (AvgIpc) is 2.86. The van der Waals surface area contributed by atoms with Crippen molar-refractivity contribution >= 4 is 56.2 Å². The van der Waals surface area contributed by atoms with Gasteiger partial charge in [0.25, 0.3) is 0 Å². The number of hydrogen-bond donors (Lipinski definition) is 2. The fourth-order valence-corrected chi connectivity index (χ4v) is 7.37. The molecule has 0 heterocycles. The Balaban J connectivity index is 1.75.